The maximum absolute atomic E-state index is 14.0. The zero-order valence-electron chi connectivity index (χ0n) is 14.3. The van der Waals surface area contributed by atoms with Crippen molar-refractivity contribution in [1.29, 1.82) is 0 Å². The van der Waals surface area contributed by atoms with Crippen LogP contribution in [-0.2, 0) is 12.8 Å². The van der Waals surface area contributed by atoms with Crippen molar-refractivity contribution in [3.8, 4) is 5.75 Å². The zero-order valence-corrected chi connectivity index (χ0v) is 15.0. The number of benzene rings is 2. The Morgan fingerprint density at radius 2 is 1.84 bits per heavy atom. The van der Waals surface area contributed by atoms with Crippen LogP contribution in [0.2, 0.25) is 5.02 Å². The fraction of sp³-hybridized carbons (Fsp3) is 0.368. The molecule has 0 aliphatic carbocycles. The Hall–Kier alpha value is -1.85. The summed E-state index contributed by atoms with van der Waals surface area (Å²) < 4.78 is 32.7. The molecular weight excluding hydrogens is 346 g/mol. The van der Waals surface area contributed by atoms with Crippen molar-refractivity contribution in [1.82, 2.24) is 5.32 Å². The van der Waals surface area contributed by atoms with Crippen molar-refractivity contribution in [3.63, 3.8) is 0 Å². The molecule has 0 amide bonds. The Morgan fingerprint density at radius 1 is 1.16 bits per heavy atom. The molecule has 3 nitrogen and oxygen atoms in total. The van der Waals surface area contributed by atoms with Crippen molar-refractivity contribution in [2.45, 2.75) is 25.8 Å². The molecule has 0 radical (unpaired) electrons. The number of hydrogen-bond donors (Lipinski definition) is 2. The Balaban J connectivity index is 1.92. The highest BCUT2D eigenvalue weighted by atomic mass is 35.5. The number of methoxy groups -OCH3 is 1. The lowest BCUT2D eigenvalue weighted by Crippen LogP contribution is -2.16. The van der Waals surface area contributed by atoms with E-state index in [1.807, 2.05) is 19.1 Å². The van der Waals surface area contributed by atoms with Gasteiger partial charge >= 0.3 is 0 Å². The summed E-state index contributed by atoms with van der Waals surface area (Å²) in [6, 6.07) is 6.19. The molecule has 134 valence electrons. The van der Waals surface area contributed by atoms with Crippen molar-refractivity contribution in [2.75, 3.05) is 25.5 Å². The standard InChI is InChI=1S/C19H21ClF2N2O/c1-11(13-9-16(21)19(25-2)17(22)10-13)24-18-14-6-8-23-7-5-12(14)3-4-15(18)20/h3-4,9-11,23-24H,5-8H2,1-2H3. The molecule has 1 aliphatic rings. The van der Waals surface area contributed by atoms with Crippen LogP contribution in [0.25, 0.3) is 0 Å². The predicted octanol–water partition coefficient (Wildman–Crippen LogP) is 4.49. The lowest BCUT2D eigenvalue weighted by atomic mass is 9.99. The van der Waals surface area contributed by atoms with Gasteiger partial charge in [0.15, 0.2) is 17.4 Å². The molecule has 1 aliphatic heterocycles. The van der Waals surface area contributed by atoms with Crippen LogP contribution in [0.5, 0.6) is 5.75 Å². The molecule has 2 aromatic rings. The van der Waals surface area contributed by atoms with E-state index in [9.17, 15) is 8.78 Å². The fourth-order valence-electron chi connectivity index (χ4n) is 3.22. The summed E-state index contributed by atoms with van der Waals surface area (Å²) in [5, 5.41) is 7.32. The summed E-state index contributed by atoms with van der Waals surface area (Å²) in [7, 11) is 1.25. The second-order valence-electron chi connectivity index (χ2n) is 6.19. The summed E-state index contributed by atoms with van der Waals surface area (Å²) in [6.45, 7) is 3.66. The van der Waals surface area contributed by atoms with Gasteiger partial charge in [0.1, 0.15) is 0 Å². The quantitative estimate of drug-likeness (QED) is 0.836. The summed E-state index contributed by atoms with van der Waals surface area (Å²) in [4.78, 5) is 0. The van der Waals surface area contributed by atoms with Gasteiger partial charge in [-0.1, -0.05) is 17.7 Å². The normalized spacial score (nSPS) is 15.2. The smallest absolute Gasteiger partial charge is 0.190 e. The van der Waals surface area contributed by atoms with Crippen LogP contribution in [0.1, 0.15) is 29.7 Å². The Morgan fingerprint density at radius 3 is 2.52 bits per heavy atom. The molecule has 0 aromatic heterocycles. The predicted molar refractivity (Wildman–Crippen MR) is 96.7 cm³/mol. The second kappa shape index (κ2) is 7.58. The maximum Gasteiger partial charge on any atom is 0.190 e. The largest absolute Gasteiger partial charge is 0.491 e. The van der Waals surface area contributed by atoms with Crippen molar-refractivity contribution in [2.24, 2.45) is 0 Å². The molecule has 0 spiro atoms. The van der Waals surface area contributed by atoms with Gasteiger partial charge in [0.05, 0.1) is 17.8 Å². The molecule has 0 saturated carbocycles. The number of nitrogens with one attached hydrogen (secondary N) is 2. The molecule has 1 heterocycles. The first-order chi connectivity index (χ1) is 12.0. The molecular formula is C19H21ClF2N2O. The van der Waals surface area contributed by atoms with Gasteiger partial charge in [0.2, 0.25) is 0 Å². The minimum absolute atomic E-state index is 0.310. The van der Waals surface area contributed by atoms with Gasteiger partial charge in [-0.15, -0.1) is 0 Å². The van der Waals surface area contributed by atoms with E-state index in [0.29, 0.717) is 10.6 Å². The lowest BCUT2D eigenvalue weighted by molar-refractivity contribution is 0.359. The summed E-state index contributed by atoms with van der Waals surface area (Å²) in [5.41, 5.74) is 3.75. The summed E-state index contributed by atoms with van der Waals surface area (Å²) in [5.74, 6) is -1.80. The number of hydrogen-bond acceptors (Lipinski definition) is 3. The average molecular weight is 367 g/mol. The minimum atomic E-state index is -0.715. The number of fused-ring (bicyclic) bond motifs is 1. The molecule has 6 heteroatoms. The molecule has 1 atom stereocenters. The van der Waals surface area contributed by atoms with Gasteiger partial charge in [-0.3, -0.25) is 0 Å². The zero-order chi connectivity index (χ0) is 18.0. The van der Waals surface area contributed by atoms with Crippen LogP contribution < -0.4 is 15.4 Å². The van der Waals surface area contributed by atoms with Crippen LogP contribution in [0.4, 0.5) is 14.5 Å². The van der Waals surface area contributed by atoms with Crippen LogP contribution >= 0.6 is 11.6 Å². The van der Waals surface area contributed by atoms with Crippen molar-refractivity contribution in [3.05, 3.63) is 57.6 Å². The SMILES string of the molecule is COc1c(F)cc(C(C)Nc2c(Cl)ccc3c2CCNCC3)cc1F. The first kappa shape index (κ1) is 18.0. The number of halogens is 3. The molecule has 2 N–H and O–H groups in total. The molecule has 0 fully saturated rings. The first-order valence-electron chi connectivity index (χ1n) is 8.31. The minimum Gasteiger partial charge on any atom is -0.491 e. The van der Waals surface area contributed by atoms with Gasteiger partial charge in [0, 0.05) is 6.04 Å². The monoisotopic (exact) mass is 366 g/mol. The van der Waals surface area contributed by atoms with E-state index in [1.54, 1.807) is 0 Å². The van der Waals surface area contributed by atoms with Gasteiger partial charge in [-0.25, -0.2) is 8.78 Å². The maximum atomic E-state index is 14.0. The topological polar surface area (TPSA) is 33.3 Å². The molecule has 2 aromatic carbocycles. The van der Waals surface area contributed by atoms with E-state index in [2.05, 4.69) is 10.6 Å². The average Bonchev–Trinajstić information content (AvgIpc) is 2.82. The lowest BCUT2D eigenvalue weighted by Gasteiger charge is -2.21. The highest BCUT2D eigenvalue weighted by Crippen LogP contribution is 2.34. The molecule has 0 bridgehead atoms. The van der Waals surface area contributed by atoms with Gasteiger partial charge in [-0.05, 0) is 67.7 Å². The van der Waals surface area contributed by atoms with Gasteiger partial charge in [-0.2, -0.15) is 0 Å². The van der Waals surface area contributed by atoms with E-state index in [1.165, 1.54) is 30.4 Å². The Kier molecular flexibility index (Phi) is 5.45. The number of anilines is 1. The van der Waals surface area contributed by atoms with E-state index >= 15 is 0 Å². The third-order valence-corrected chi connectivity index (χ3v) is 4.88. The molecule has 3 rings (SSSR count). The summed E-state index contributed by atoms with van der Waals surface area (Å²) >= 11 is 6.41. The van der Waals surface area contributed by atoms with Crippen LogP contribution in [0.3, 0.4) is 0 Å². The van der Waals surface area contributed by atoms with Crippen LogP contribution in [-0.4, -0.2) is 20.2 Å². The number of ether oxygens (including phenoxy) is 1. The summed E-state index contributed by atoms with van der Waals surface area (Å²) in [6.07, 6.45) is 1.79. The van der Waals surface area contributed by atoms with E-state index in [0.717, 1.165) is 31.6 Å². The van der Waals surface area contributed by atoms with Crippen molar-refractivity contribution >= 4 is 17.3 Å². The first-order valence-corrected chi connectivity index (χ1v) is 8.69. The van der Waals surface area contributed by atoms with Crippen LogP contribution in [0.15, 0.2) is 24.3 Å². The highest BCUT2D eigenvalue weighted by Gasteiger charge is 2.19. The third-order valence-electron chi connectivity index (χ3n) is 4.57. The molecule has 25 heavy (non-hydrogen) atoms. The fourth-order valence-corrected chi connectivity index (χ4v) is 3.46. The van der Waals surface area contributed by atoms with E-state index < -0.39 is 11.6 Å². The van der Waals surface area contributed by atoms with Crippen molar-refractivity contribution < 1.29 is 13.5 Å². The van der Waals surface area contributed by atoms with Gasteiger partial charge < -0.3 is 15.4 Å². The van der Waals surface area contributed by atoms with E-state index in [4.69, 9.17) is 16.3 Å². The molecule has 1 unspecified atom stereocenters. The van der Waals surface area contributed by atoms with E-state index in [-0.39, 0.29) is 11.8 Å². The molecule has 0 saturated heterocycles. The number of rotatable bonds is 4. The second-order valence-corrected chi connectivity index (χ2v) is 6.60. The van der Waals surface area contributed by atoms with Crippen LogP contribution in [0, 0.1) is 11.6 Å². The van der Waals surface area contributed by atoms with Gasteiger partial charge in [0.25, 0.3) is 0 Å². The third kappa shape index (κ3) is 3.72. The Labute approximate surface area is 151 Å². The highest BCUT2D eigenvalue weighted by molar-refractivity contribution is 6.33. The Bertz CT molecular complexity index is 759.